The van der Waals surface area contributed by atoms with E-state index in [4.69, 9.17) is 4.74 Å². The molecule has 1 unspecified atom stereocenters. The lowest BCUT2D eigenvalue weighted by atomic mass is 9.94. The second-order valence-corrected chi connectivity index (χ2v) is 9.31. The van der Waals surface area contributed by atoms with Gasteiger partial charge in [-0.25, -0.2) is 0 Å². The summed E-state index contributed by atoms with van der Waals surface area (Å²) in [7, 11) is 1.60. The predicted octanol–water partition coefficient (Wildman–Crippen LogP) is 5.21. The number of amides is 1. The minimum absolute atomic E-state index is 0.111. The fraction of sp³-hybridized carbons (Fsp3) is 0.269. The Morgan fingerprint density at radius 3 is 2.52 bits per heavy atom. The molecule has 1 amide bonds. The van der Waals surface area contributed by atoms with Crippen molar-refractivity contribution in [3.8, 4) is 5.75 Å². The van der Waals surface area contributed by atoms with Gasteiger partial charge >= 0.3 is 0 Å². The van der Waals surface area contributed by atoms with Crippen molar-refractivity contribution in [2.45, 2.75) is 39.3 Å². The number of thiophene rings is 1. The second kappa shape index (κ2) is 9.19. The maximum atomic E-state index is 13.2. The van der Waals surface area contributed by atoms with Crippen LogP contribution in [0.3, 0.4) is 0 Å². The molecule has 170 valence electrons. The van der Waals surface area contributed by atoms with Crippen molar-refractivity contribution in [3.05, 3.63) is 86.9 Å². The molecule has 1 N–H and O–H groups in total. The molecule has 1 aliphatic rings. The van der Waals surface area contributed by atoms with Gasteiger partial charge in [-0.05, 0) is 71.3 Å². The first-order valence-electron chi connectivity index (χ1n) is 10.7. The summed E-state index contributed by atoms with van der Waals surface area (Å²) in [5.41, 5.74) is 3.34. The number of hydrogen-bond acceptors (Lipinski definition) is 6. The number of carbonyl (C=O) groups is 2. The van der Waals surface area contributed by atoms with Crippen LogP contribution in [0.4, 0.5) is 0 Å². The van der Waals surface area contributed by atoms with E-state index in [-0.39, 0.29) is 23.8 Å². The third-order valence-electron chi connectivity index (χ3n) is 5.92. The molecule has 1 fully saturated rings. The van der Waals surface area contributed by atoms with Crippen LogP contribution in [0.2, 0.25) is 0 Å². The van der Waals surface area contributed by atoms with Gasteiger partial charge in [0.1, 0.15) is 17.6 Å². The molecular formula is C26H26N2O4S. The number of hydrogen-bond donors (Lipinski definition) is 1. The number of nitrogens with zero attached hydrogens (tertiary/aromatic N) is 2. The zero-order valence-electron chi connectivity index (χ0n) is 19.0. The number of aliphatic hydroxyl groups excluding tert-OH is 1. The number of pyridine rings is 1. The molecule has 1 aromatic carbocycles. The largest absolute Gasteiger partial charge is 0.507 e. The molecule has 0 spiro atoms. The number of carbonyl (C=O) groups excluding carboxylic acids is 2. The Morgan fingerprint density at radius 2 is 1.91 bits per heavy atom. The van der Waals surface area contributed by atoms with Crippen LogP contribution in [0.5, 0.6) is 5.75 Å². The second-order valence-electron chi connectivity index (χ2n) is 8.36. The number of aromatic nitrogens is 1. The van der Waals surface area contributed by atoms with E-state index < -0.39 is 17.7 Å². The number of Topliss-reactive ketones (excluding diaryl/α,β-unsaturated/α-hetero) is 1. The minimum Gasteiger partial charge on any atom is -0.507 e. The van der Waals surface area contributed by atoms with Gasteiger partial charge < -0.3 is 14.7 Å². The number of ether oxygens (including phenoxy) is 1. The van der Waals surface area contributed by atoms with Crippen LogP contribution >= 0.6 is 11.3 Å². The normalized spacial score (nSPS) is 17.7. The smallest absolute Gasteiger partial charge is 0.295 e. The number of likely N-dealkylation sites (tertiary alicyclic amines) is 1. The van der Waals surface area contributed by atoms with E-state index >= 15 is 0 Å². The SMILES string of the molecule is COc1ccc(/C(O)=C2/C(=O)C(=O)N(Cc3ccncc3)C2c2sccc2C)cc1C(C)C. The summed E-state index contributed by atoms with van der Waals surface area (Å²) in [6, 6.07) is 10.2. The van der Waals surface area contributed by atoms with Crippen LogP contribution in [0.1, 0.15) is 52.9 Å². The molecule has 6 nitrogen and oxygen atoms in total. The highest BCUT2D eigenvalue weighted by atomic mass is 32.1. The summed E-state index contributed by atoms with van der Waals surface area (Å²) in [4.78, 5) is 32.8. The Bertz CT molecular complexity index is 1230. The molecular weight excluding hydrogens is 436 g/mol. The zero-order chi connectivity index (χ0) is 23.7. The fourth-order valence-corrected chi connectivity index (χ4v) is 5.20. The lowest BCUT2D eigenvalue weighted by Crippen LogP contribution is -2.29. The lowest BCUT2D eigenvalue weighted by Gasteiger charge is -2.25. The van der Waals surface area contributed by atoms with Crippen LogP contribution in [-0.4, -0.2) is 33.8 Å². The predicted molar refractivity (Wildman–Crippen MR) is 128 cm³/mol. The number of aliphatic hydroxyl groups is 1. The molecule has 3 heterocycles. The lowest BCUT2D eigenvalue weighted by molar-refractivity contribution is -0.140. The number of rotatable bonds is 6. The molecule has 1 atom stereocenters. The van der Waals surface area contributed by atoms with Gasteiger partial charge in [0.2, 0.25) is 0 Å². The summed E-state index contributed by atoms with van der Waals surface area (Å²) in [5.74, 6) is -0.611. The van der Waals surface area contributed by atoms with Gasteiger partial charge in [0.05, 0.1) is 12.7 Å². The average molecular weight is 463 g/mol. The maximum Gasteiger partial charge on any atom is 0.295 e. The van der Waals surface area contributed by atoms with Crippen molar-refractivity contribution in [2.75, 3.05) is 7.11 Å². The van der Waals surface area contributed by atoms with Gasteiger partial charge in [0.15, 0.2) is 0 Å². The van der Waals surface area contributed by atoms with E-state index in [1.165, 1.54) is 16.2 Å². The van der Waals surface area contributed by atoms with E-state index in [2.05, 4.69) is 4.98 Å². The highest BCUT2D eigenvalue weighted by molar-refractivity contribution is 7.10. The summed E-state index contributed by atoms with van der Waals surface area (Å²) >= 11 is 1.47. The van der Waals surface area contributed by atoms with Gasteiger partial charge in [0.25, 0.3) is 11.7 Å². The summed E-state index contributed by atoms with van der Waals surface area (Å²) in [6.45, 7) is 6.25. The average Bonchev–Trinajstić information content (AvgIpc) is 3.34. The van der Waals surface area contributed by atoms with Gasteiger partial charge in [-0.2, -0.15) is 0 Å². The molecule has 0 aliphatic carbocycles. The standard InChI is InChI=1S/C26H26N2O4S/c1-15(2)19-13-18(5-6-20(19)32-4)23(29)21-22(25-16(3)9-12-33-25)28(26(31)24(21)30)14-17-7-10-27-11-8-17/h5-13,15,22,29H,14H2,1-4H3/b23-21-. The molecule has 0 bridgehead atoms. The molecule has 0 saturated carbocycles. The van der Waals surface area contributed by atoms with E-state index in [1.807, 2.05) is 50.4 Å². The van der Waals surface area contributed by atoms with Gasteiger partial charge in [-0.3, -0.25) is 14.6 Å². The first kappa shape index (κ1) is 22.7. The summed E-state index contributed by atoms with van der Waals surface area (Å²) in [5, 5.41) is 13.3. The van der Waals surface area contributed by atoms with Crippen molar-refractivity contribution in [1.29, 1.82) is 0 Å². The first-order chi connectivity index (χ1) is 15.8. The van der Waals surface area contributed by atoms with E-state index in [0.717, 1.165) is 21.6 Å². The molecule has 7 heteroatoms. The number of methoxy groups -OCH3 is 1. The molecule has 4 rings (SSSR count). The van der Waals surface area contributed by atoms with Gasteiger partial charge in [0, 0.05) is 29.4 Å². The summed E-state index contributed by atoms with van der Waals surface area (Å²) in [6.07, 6.45) is 3.31. The fourth-order valence-electron chi connectivity index (χ4n) is 4.15. The Balaban J connectivity index is 1.87. The van der Waals surface area contributed by atoms with E-state index in [0.29, 0.717) is 11.3 Å². The topological polar surface area (TPSA) is 79.7 Å². The Kier molecular flexibility index (Phi) is 6.33. The highest BCUT2D eigenvalue weighted by Gasteiger charge is 2.47. The van der Waals surface area contributed by atoms with E-state index in [9.17, 15) is 14.7 Å². The van der Waals surface area contributed by atoms with Crippen molar-refractivity contribution in [2.24, 2.45) is 0 Å². The monoisotopic (exact) mass is 462 g/mol. The molecule has 1 saturated heterocycles. The molecule has 1 aliphatic heterocycles. The van der Waals surface area contributed by atoms with Gasteiger partial charge in [-0.15, -0.1) is 11.3 Å². The van der Waals surface area contributed by atoms with E-state index in [1.54, 1.807) is 31.6 Å². The van der Waals surface area contributed by atoms with Crippen LogP contribution in [0.25, 0.3) is 5.76 Å². The van der Waals surface area contributed by atoms with Crippen LogP contribution < -0.4 is 4.74 Å². The number of aryl methyl sites for hydroxylation is 1. The quantitative estimate of drug-likeness (QED) is 0.309. The highest BCUT2D eigenvalue weighted by Crippen LogP contribution is 2.43. The van der Waals surface area contributed by atoms with Gasteiger partial charge in [-0.1, -0.05) is 13.8 Å². The van der Waals surface area contributed by atoms with Crippen LogP contribution in [0.15, 0.2) is 59.7 Å². The third kappa shape index (κ3) is 4.16. The van der Waals surface area contributed by atoms with Crippen molar-refractivity contribution in [3.63, 3.8) is 0 Å². The van der Waals surface area contributed by atoms with Crippen molar-refractivity contribution >= 4 is 28.8 Å². The van der Waals surface area contributed by atoms with Crippen molar-refractivity contribution < 1.29 is 19.4 Å². The third-order valence-corrected chi connectivity index (χ3v) is 6.99. The number of benzene rings is 1. The van der Waals surface area contributed by atoms with Crippen LogP contribution in [0, 0.1) is 6.92 Å². The maximum absolute atomic E-state index is 13.2. The Hall–Kier alpha value is -3.45. The molecule has 0 radical (unpaired) electrons. The minimum atomic E-state index is -0.679. The molecule has 33 heavy (non-hydrogen) atoms. The summed E-state index contributed by atoms with van der Waals surface area (Å²) < 4.78 is 5.45. The van der Waals surface area contributed by atoms with Crippen LogP contribution in [-0.2, 0) is 16.1 Å². The molecule has 3 aromatic rings. The Morgan fingerprint density at radius 1 is 1.18 bits per heavy atom. The molecule has 2 aromatic heterocycles. The zero-order valence-corrected chi connectivity index (χ0v) is 19.8. The van der Waals surface area contributed by atoms with Crippen molar-refractivity contribution in [1.82, 2.24) is 9.88 Å². The Labute approximate surface area is 197 Å². The number of ketones is 1. The first-order valence-corrected chi connectivity index (χ1v) is 11.6.